The van der Waals surface area contributed by atoms with E-state index < -0.39 is 17.5 Å². The highest BCUT2D eigenvalue weighted by Gasteiger charge is 2.54. The normalized spacial score (nSPS) is 19.9. The number of carbonyl (C=O) groups excluding carboxylic acids is 2. The first kappa shape index (κ1) is 39.0. The van der Waals surface area contributed by atoms with Crippen molar-refractivity contribution < 1.29 is 27.5 Å². The van der Waals surface area contributed by atoms with E-state index in [0.29, 0.717) is 68.1 Å². The van der Waals surface area contributed by atoms with Gasteiger partial charge in [0, 0.05) is 69.8 Å². The Labute approximate surface area is 312 Å². The average Bonchev–Trinajstić information content (AvgIpc) is 3.69. The second-order valence-electron chi connectivity index (χ2n) is 13.4. The molecular formula is C36H41Cl2F3N8O3. The number of carbonyl (C=O) groups is 2. The van der Waals surface area contributed by atoms with Gasteiger partial charge in [-0.3, -0.25) is 19.4 Å². The van der Waals surface area contributed by atoms with Gasteiger partial charge < -0.3 is 15.0 Å². The quantitative estimate of drug-likeness (QED) is 0.261. The lowest BCUT2D eigenvalue weighted by Gasteiger charge is -2.54. The minimum absolute atomic E-state index is 0. The summed E-state index contributed by atoms with van der Waals surface area (Å²) in [7, 11) is 1.53. The second-order valence-corrected chi connectivity index (χ2v) is 13.4. The van der Waals surface area contributed by atoms with Crippen molar-refractivity contribution in [1.82, 2.24) is 40.2 Å². The Morgan fingerprint density at radius 3 is 2.17 bits per heavy atom. The van der Waals surface area contributed by atoms with Gasteiger partial charge in [-0.15, -0.1) is 29.9 Å². The van der Waals surface area contributed by atoms with E-state index in [-0.39, 0.29) is 60.3 Å². The van der Waals surface area contributed by atoms with Gasteiger partial charge in [0.1, 0.15) is 11.3 Å². The van der Waals surface area contributed by atoms with Gasteiger partial charge in [0.2, 0.25) is 11.8 Å². The minimum Gasteiger partial charge on any atom is -0.496 e. The molecule has 2 amide bonds. The van der Waals surface area contributed by atoms with Crippen molar-refractivity contribution in [2.75, 3.05) is 39.8 Å². The third-order valence-electron chi connectivity index (χ3n) is 10.1. The Balaban J connectivity index is 0.00000261. The van der Waals surface area contributed by atoms with Crippen molar-refractivity contribution in [2.24, 2.45) is 0 Å². The fraction of sp³-hybridized carbons (Fsp3) is 0.417. The fourth-order valence-corrected chi connectivity index (χ4v) is 7.73. The zero-order valence-corrected chi connectivity index (χ0v) is 30.3. The maximum absolute atomic E-state index is 13.8. The van der Waals surface area contributed by atoms with Crippen LogP contribution in [0.25, 0.3) is 5.69 Å². The smallest absolute Gasteiger partial charge is 0.453 e. The number of nitrogens with one attached hydrogen (secondary N) is 1. The average molecular weight is 762 g/mol. The predicted octanol–water partition coefficient (Wildman–Crippen LogP) is 4.73. The summed E-state index contributed by atoms with van der Waals surface area (Å²) in [5.74, 6) is -0.936. The van der Waals surface area contributed by atoms with E-state index in [2.05, 4.69) is 54.9 Å². The number of tetrazole rings is 1. The van der Waals surface area contributed by atoms with Crippen LogP contribution in [0.3, 0.4) is 0 Å². The molecule has 278 valence electrons. The molecule has 7 rings (SSSR count). The van der Waals surface area contributed by atoms with E-state index in [9.17, 15) is 22.8 Å². The van der Waals surface area contributed by atoms with E-state index in [4.69, 9.17) is 4.74 Å². The third kappa shape index (κ3) is 7.89. The number of methoxy groups -OCH3 is 1. The molecule has 2 atom stereocenters. The number of ether oxygens (including phenoxy) is 1. The number of benzene rings is 3. The van der Waals surface area contributed by atoms with Crippen molar-refractivity contribution in [3.05, 3.63) is 101 Å². The van der Waals surface area contributed by atoms with Crippen LogP contribution >= 0.6 is 24.8 Å². The lowest BCUT2D eigenvalue weighted by atomic mass is 9.81. The number of rotatable bonds is 9. The Kier molecular flexibility index (Phi) is 11.8. The molecule has 3 heterocycles. The summed E-state index contributed by atoms with van der Waals surface area (Å²) < 4.78 is 47.5. The molecule has 2 aliphatic heterocycles. The highest BCUT2D eigenvalue weighted by atomic mass is 35.5. The lowest BCUT2D eigenvalue weighted by molar-refractivity contribution is -0.146. The molecular weight excluding hydrogens is 720 g/mol. The Morgan fingerprint density at radius 2 is 1.60 bits per heavy atom. The molecule has 52 heavy (non-hydrogen) atoms. The number of hydrogen-bond acceptors (Lipinski definition) is 8. The fourth-order valence-electron chi connectivity index (χ4n) is 7.73. The molecule has 1 unspecified atom stereocenters. The minimum atomic E-state index is -4.74. The zero-order chi connectivity index (χ0) is 35.0. The topological polar surface area (TPSA) is 109 Å². The maximum atomic E-state index is 13.8. The first-order valence-corrected chi connectivity index (χ1v) is 16.8. The Morgan fingerprint density at radius 1 is 0.942 bits per heavy atom. The molecule has 0 bridgehead atoms. The zero-order valence-electron chi connectivity index (χ0n) is 28.7. The van der Waals surface area contributed by atoms with Crippen LogP contribution in [0.15, 0.2) is 78.9 Å². The van der Waals surface area contributed by atoms with Crippen molar-refractivity contribution in [1.29, 1.82) is 0 Å². The van der Waals surface area contributed by atoms with Crippen LogP contribution in [0.1, 0.15) is 48.2 Å². The number of nitrogens with zero attached hydrogens (tertiary/aromatic N) is 7. The number of alkyl halides is 3. The van der Waals surface area contributed by atoms with E-state index in [1.807, 2.05) is 41.3 Å². The number of amides is 2. The molecule has 0 radical (unpaired) electrons. The molecule has 3 fully saturated rings. The summed E-state index contributed by atoms with van der Waals surface area (Å²) in [4.78, 5) is 32.5. The van der Waals surface area contributed by atoms with Gasteiger partial charge in [-0.05, 0) is 52.6 Å². The summed E-state index contributed by atoms with van der Waals surface area (Å²) >= 11 is 0. The molecule has 1 saturated carbocycles. The maximum Gasteiger partial charge on any atom is 0.453 e. The van der Waals surface area contributed by atoms with E-state index in [0.717, 1.165) is 0 Å². The summed E-state index contributed by atoms with van der Waals surface area (Å²) in [5.41, 5.74) is 2.37. The van der Waals surface area contributed by atoms with Crippen LogP contribution in [0.2, 0.25) is 0 Å². The van der Waals surface area contributed by atoms with E-state index >= 15 is 0 Å². The number of halogens is 5. The number of fused-ring (bicyclic) bond motifs is 1. The highest BCUT2D eigenvalue weighted by molar-refractivity contribution is 5.93. The molecule has 4 aromatic rings. The van der Waals surface area contributed by atoms with Crippen LogP contribution in [-0.4, -0.2) is 104 Å². The molecule has 1 aliphatic carbocycles. The molecule has 1 N–H and O–H groups in total. The third-order valence-corrected chi connectivity index (χ3v) is 10.1. The molecule has 11 nitrogen and oxygen atoms in total. The molecule has 1 aromatic heterocycles. The number of hydrogen-bond donors (Lipinski definition) is 1. The largest absolute Gasteiger partial charge is 0.496 e. The molecule has 0 spiro atoms. The van der Waals surface area contributed by atoms with Gasteiger partial charge in [0.25, 0.3) is 5.82 Å². The van der Waals surface area contributed by atoms with Gasteiger partial charge >= 0.3 is 6.18 Å². The highest BCUT2D eigenvalue weighted by Crippen LogP contribution is 2.40. The van der Waals surface area contributed by atoms with Gasteiger partial charge in [0.05, 0.1) is 12.8 Å². The molecule has 16 heteroatoms. The Bertz CT molecular complexity index is 1810. The predicted molar refractivity (Wildman–Crippen MR) is 192 cm³/mol. The number of piperazine rings is 2. The van der Waals surface area contributed by atoms with Crippen LogP contribution < -0.4 is 10.1 Å². The molecule has 3 aliphatic rings. The summed E-state index contributed by atoms with van der Waals surface area (Å²) in [5, 5.41) is 13.0. The van der Waals surface area contributed by atoms with Gasteiger partial charge in [0.15, 0.2) is 0 Å². The van der Waals surface area contributed by atoms with Gasteiger partial charge in [-0.1, -0.05) is 60.7 Å². The van der Waals surface area contributed by atoms with Crippen LogP contribution in [-0.2, 0) is 22.3 Å². The number of aromatic nitrogens is 4. The van der Waals surface area contributed by atoms with Crippen LogP contribution in [0, 0.1) is 0 Å². The summed E-state index contributed by atoms with van der Waals surface area (Å²) in [6.07, 6.45) is -3.48. The summed E-state index contributed by atoms with van der Waals surface area (Å²) in [6.45, 7) is 4.78. The SMILES string of the molecule is COc1ccc(-n2nnnc2C(F)(F)F)cc1CN1CC(C(c2ccccc2)c2ccccc2)N2CCN(C(=O)C3(NC(C)=O)CC3)C[C@H]2C1.Cl.Cl. The van der Waals surface area contributed by atoms with E-state index in [1.54, 1.807) is 12.1 Å². The first-order valence-electron chi connectivity index (χ1n) is 16.8. The summed E-state index contributed by atoms with van der Waals surface area (Å²) in [6, 6.07) is 25.5. The van der Waals surface area contributed by atoms with Crippen molar-refractivity contribution >= 4 is 36.6 Å². The van der Waals surface area contributed by atoms with Crippen LogP contribution in [0.4, 0.5) is 13.2 Å². The van der Waals surface area contributed by atoms with E-state index in [1.165, 1.54) is 31.2 Å². The Hall–Kier alpha value is -4.24. The van der Waals surface area contributed by atoms with Gasteiger partial charge in [-0.2, -0.15) is 17.9 Å². The van der Waals surface area contributed by atoms with Gasteiger partial charge in [-0.25, -0.2) is 0 Å². The van der Waals surface area contributed by atoms with Crippen molar-refractivity contribution in [3.8, 4) is 11.4 Å². The molecule has 2 saturated heterocycles. The van der Waals surface area contributed by atoms with Crippen molar-refractivity contribution in [3.63, 3.8) is 0 Å². The standard InChI is InChI=1S/C36H39F3N8O3.2ClH/c1-24(48)40-35(15-16-35)34(49)45-17-18-46-29(22-45)21-44(23-30(46)32(25-9-5-3-6-10-25)26-11-7-4-8-12-26)20-27-19-28(13-14-31(27)50-2)47-33(36(37,38)39)41-42-43-47;;/h3-14,19,29-30,32H,15-18,20-23H2,1-2H3,(H,40,48);2*1H/t29-,30?;;/m1../s1. The van der Waals surface area contributed by atoms with Crippen LogP contribution in [0.5, 0.6) is 5.75 Å². The molecule has 3 aromatic carbocycles. The lowest BCUT2D eigenvalue weighted by Crippen LogP contribution is -2.68. The second kappa shape index (κ2) is 15.8. The van der Waals surface area contributed by atoms with Crippen molar-refractivity contribution in [2.45, 2.75) is 56.0 Å². The first-order chi connectivity index (χ1) is 24.1. The monoisotopic (exact) mass is 760 g/mol.